The van der Waals surface area contributed by atoms with Gasteiger partial charge in [0.2, 0.25) is 11.8 Å². The van der Waals surface area contributed by atoms with E-state index in [0.29, 0.717) is 39.3 Å². The van der Waals surface area contributed by atoms with Crippen LogP contribution in [0.3, 0.4) is 0 Å². The predicted octanol–water partition coefficient (Wildman–Crippen LogP) is -0.366. The quantitative estimate of drug-likeness (QED) is 0.603. The zero-order valence-electron chi connectivity index (χ0n) is 11.1. The van der Waals surface area contributed by atoms with Gasteiger partial charge in [-0.2, -0.15) is 0 Å². The molecule has 104 valence electrons. The number of carbonyl (C=O) groups is 2. The number of likely N-dealkylation sites (tertiary alicyclic amines) is 1. The molecule has 0 bridgehead atoms. The second-order valence-corrected chi connectivity index (χ2v) is 4.37. The summed E-state index contributed by atoms with van der Waals surface area (Å²) in [6, 6.07) is 0. The summed E-state index contributed by atoms with van der Waals surface area (Å²) in [7, 11) is 3.22. The minimum atomic E-state index is -0.225. The van der Waals surface area contributed by atoms with Gasteiger partial charge in [0.25, 0.3) is 0 Å². The third kappa shape index (κ3) is 4.62. The van der Waals surface area contributed by atoms with Gasteiger partial charge in [0.1, 0.15) is 0 Å². The Hall–Kier alpha value is -1.14. The fraction of sp³-hybridized carbons (Fsp3) is 0.833. The molecule has 18 heavy (non-hydrogen) atoms. The van der Waals surface area contributed by atoms with Gasteiger partial charge < -0.3 is 19.7 Å². The Balaban J connectivity index is 2.28. The molecular formula is C12H22N2O4. The maximum atomic E-state index is 11.8. The van der Waals surface area contributed by atoms with Gasteiger partial charge in [0, 0.05) is 46.9 Å². The fourth-order valence-electron chi connectivity index (χ4n) is 1.98. The second-order valence-electron chi connectivity index (χ2n) is 4.37. The van der Waals surface area contributed by atoms with E-state index >= 15 is 0 Å². The number of methoxy groups -OCH3 is 2. The number of carbonyl (C=O) groups excluding carboxylic acids is 2. The van der Waals surface area contributed by atoms with E-state index in [2.05, 4.69) is 5.32 Å². The molecular weight excluding hydrogens is 236 g/mol. The summed E-state index contributed by atoms with van der Waals surface area (Å²) in [6.07, 6.45) is 1.12. The van der Waals surface area contributed by atoms with E-state index in [1.165, 1.54) is 0 Å². The first-order chi connectivity index (χ1) is 8.69. The van der Waals surface area contributed by atoms with Gasteiger partial charge >= 0.3 is 0 Å². The highest BCUT2D eigenvalue weighted by Crippen LogP contribution is 2.17. The number of hydrogen-bond donors (Lipinski definition) is 1. The Kier molecular flexibility index (Phi) is 6.67. The smallest absolute Gasteiger partial charge is 0.225 e. The molecule has 1 saturated heterocycles. The predicted molar refractivity (Wildman–Crippen MR) is 66.1 cm³/mol. The van der Waals surface area contributed by atoms with Crippen LogP contribution in [0.25, 0.3) is 0 Å². The highest BCUT2D eigenvalue weighted by Gasteiger charge is 2.33. The van der Waals surface area contributed by atoms with Gasteiger partial charge in [-0.1, -0.05) is 0 Å². The maximum Gasteiger partial charge on any atom is 0.225 e. The number of nitrogens with zero attached hydrogens (tertiary/aromatic N) is 1. The molecule has 0 aromatic rings. The standard InChI is InChI=1S/C12H22N2O4/c1-17-6-3-5-14-9-10(8-11(14)15)12(16)13-4-7-18-2/h10H,3-9H2,1-2H3,(H,13,16). The Morgan fingerprint density at radius 1 is 1.39 bits per heavy atom. The molecule has 1 heterocycles. The SMILES string of the molecule is COCCCN1CC(C(=O)NCCOC)CC1=O. The van der Waals surface area contributed by atoms with Gasteiger partial charge in [-0.05, 0) is 6.42 Å². The molecule has 1 atom stereocenters. The van der Waals surface area contributed by atoms with Crippen molar-refractivity contribution in [1.82, 2.24) is 10.2 Å². The molecule has 1 unspecified atom stereocenters. The summed E-state index contributed by atoms with van der Waals surface area (Å²) in [5, 5.41) is 2.77. The van der Waals surface area contributed by atoms with Crippen molar-refractivity contribution in [3.8, 4) is 0 Å². The van der Waals surface area contributed by atoms with E-state index in [-0.39, 0.29) is 17.7 Å². The number of hydrogen-bond acceptors (Lipinski definition) is 4. The van der Waals surface area contributed by atoms with Crippen LogP contribution in [0.5, 0.6) is 0 Å². The highest BCUT2D eigenvalue weighted by atomic mass is 16.5. The average molecular weight is 258 g/mol. The highest BCUT2D eigenvalue weighted by molar-refractivity contribution is 5.89. The summed E-state index contributed by atoms with van der Waals surface area (Å²) in [5.41, 5.74) is 0. The van der Waals surface area contributed by atoms with Crippen LogP contribution < -0.4 is 5.32 Å². The molecule has 1 rings (SSSR count). The van der Waals surface area contributed by atoms with Crippen molar-refractivity contribution in [2.75, 3.05) is 47.1 Å². The molecule has 1 aliphatic heterocycles. The Bertz CT molecular complexity index is 283. The lowest BCUT2D eigenvalue weighted by molar-refractivity contribution is -0.129. The lowest BCUT2D eigenvalue weighted by Crippen LogP contribution is -2.35. The van der Waals surface area contributed by atoms with Crippen molar-refractivity contribution in [2.24, 2.45) is 5.92 Å². The number of ether oxygens (including phenoxy) is 2. The normalized spacial score (nSPS) is 19.3. The molecule has 1 aliphatic rings. The van der Waals surface area contributed by atoms with Crippen LogP contribution in [0.2, 0.25) is 0 Å². The molecule has 1 N–H and O–H groups in total. The van der Waals surface area contributed by atoms with Gasteiger partial charge in [-0.25, -0.2) is 0 Å². The molecule has 0 spiro atoms. The van der Waals surface area contributed by atoms with Crippen LogP contribution in [0.4, 0.5) is 0 Å². The minimum Gasteiger partial charge on any atom is -0.385 e. The van der Waals surface area contributed by atoms with E-state index in [1.54, 1.807) is 19.1 Å². The topological polar surface area (TPSA) is 67.9 Å². The summed E-state index contributed by atoms with van der Waals surface area (Å²) in [4.78, 5) is 25.2. The molecule has 0 aromatic heterocycles. The Labute approximate surface area is 108 Å². The molecule has 6 heteroatoms. The summed E-state index contributed by atoms with van der Waals surface area (Å²) in [6.45, 7) is 2.79. The molecule has 0 radical (unpaired) electrons. The monoisotopic (exact) mass is 258 g/mol. The van der Waals surface area contributed by atoms with Crippen molar-refractivity contribution in [2.45, 2.75) is 12.8 Å². The second kappa shape index (κ2) is 8.05. The van der Waals surface area contributed by atoms with E-state index in [0.717, 1.165) is 6.42 Å². The summed E-state index contributed by atoms with van der Waals surface area (Å²) >= 11 is 0. The average Bonchev–Trinajstić information content (AvgIpc) is 2.72. The molecule has 0 saturated carbocycles. The van der Waals surface area contributed by atoms with Gasteiger partial charge in [0.15, 0.2) is 0 Å². The summed E-state index contributed by atoms with van der Waals surface area (Å²) < 4.78 is 9.80. The van der Waals surface area contributed by atoms with Crippen molar-refractivity contribution < 1.29 is 19.1 Å². The van der Waals surface area contributed by atoms with E-state index in [9.17, 15) is 9.59 Å². The van der Waals surface area contributed by atoms with Crippen molar-refractivity contribution >= 4 is 11.8 Å². The minimum absolute atomic E-state index is 0.0537. The zero-order valence-corrected chi connectivity index (χ0v) is 11.1. The molecule has 6 nitrogen and oxygen atoms in total. The molecule has 2 amide bonds. The van der Waals surface area contributed by atoms with Crippen molar-refractivity contribution in [3.63, 3.8) is 0 Å². The fourth-order valence-corrected chi connectivity index (χ4v) is 1.98. The lowest BCUT2D eigenvalue weighted by atomic mass is 10.1. The largest absolute Gasteiger partial charge is 0.385 e. The molecule has 1 fully saturated rings. The Morgan fingerprint density at radius 2 is 2.11 bits per heavy atom. The molecule has 0 aromatic carbocycles. The van der Waals surface area contributed by atoms with Gasteiger partial charge in [-0.3, -0.25) is 9.59 Å². The van der Waals surface area contributed by atoms with Gasteiger partial charge in [0.05, 0.1) is 12.5 Å². The zero-order chi connectivity index (χ0) is 13.4. The Morgan fingerprint density at radius 3 is 2.78 bits per heavy atom. The number of rotatable bonds is 8. The van der Waals surface area contributed by atoms with Crippen LogP contribution >= 0.6 is 0 Å². The van der Waals surface area contributed by atoms with Crippen molar-refractivity contribution in [3.05, 3.63) is 0 Å². The first-order valence-electron chi connectivity index (χ1n) is 6.22. The lowest BCUT2D eigenvalue weighted by Gasteiger charge is -2.16. The summed E-state index contributed by atoms with van der Waals surface area (Å²) in [5.74, 6) is -0.232. The van der Waals surface area contributed by atoms with Crippen LogP contribution in [0.15, 0.2) is 0 Å². The third-order valence-corrected chi connectivity index (χ3v) is 2.97. The number of amides is 2. The van der Waals surface area contributed by atoms with Crippen LogP contribution in [0, 0.1) is 5.92 Å². The first-order valence-corrected chi connectivity index (χ1v) is 6.22. The van der Waals surface area contributed by atoms with Crippen LogP contribution in [0.1, 0.15) is 12.8 Å². The molecule has 0 aliphatic carbocycles. The van der Waals surface area contributed by atoms with E-state index in [1.807, 2.05) is 0 Å². The van der Waals surface area contributed by atoms with E-state index < -0.39 is 0 Å². The van der Waals surface area contributed by atoms with Crippen molar-refractivity contribution in [1.29, 1.82) is 0 Å². The van der Waals surface area contributed by atoms with E-state index in [4.69, 9.17) is 9.47 Å². The third-order valence-electron chi connectivity index (χ3n) is 2.97. The van der Waals surface area contributed by atoms with Crippen LogP contribution in [-0.4, -0.2) is 63.8 Å². The first kappa shape index (κ1) is 14.9. The number of nitrogens with one attached hydrogen (secondary N) is 1. The maximum absolute atomic E-state index is 11.8. The van der Waals surface area contributed by atoms with Gasteiger partial charge in [-0.15, -0.1) is 0 Å². The van der Waals surface area contributed by atoms with Crippen LogP contribution in [-0.2, 0) is 19.1 Å².